The zero-order valence-corrected chi connectivity index (χ0v) is 11.2. The smallest absolute Gasteiger partial charge is 0.355 e. The van der Waals surface area contributed by atoms with Gasteiger partial charge >= 0.3 is 5.97 Å². The number of hydrogen-bond acceptors (Lipinski definition) is 3. The zero-order valence-electron chi connectivity index (χ0n) is 10.5. The van der Waals surface area contributed by atoms with Crippen LogP contribution in [0.2, 0.25) is 5.02 Å². The number of H-pyrrole nitrogens is 1. The zero-order chi connectivity index (χ0) is 15.4. The van der Waals surface area contributed by atoms with E-state index < -0.39 is 35.8 Å². The van der Waals surface area contributed by atoms with Gasteiger partial charge in [0.25, 0.3) is 5.91 Å². The van der Waals surface area contributed by atoms with Crippen LogP contribution in [0.25, 0.3) is 0 Å². The van der Waals surface area contributed by atoms with Crippen LogP contribution in [0, 0.1) is 11.6 Å². The van der Waals surface area contributed by atoms with E-state index in [-0.39, 0.29) is 5.69 Å². The second-order valence-corrected chi connectivity index (χ2v) is 4.39. The Bertz CT molecular complexity index is 668. The fraction of sp³-hybridized carbons (Fsp3) is 0.0769. The molecule has 110 valence electrons. The minimum Gasteiger partial charge on any atom is -0.451 e. The Morgan fingerprint density at radius 3 is 2.52 bits per heavy atom. The van der Waals surface area contributed by atoms with Crippen molar-refractivity contribution in [1.29, 1.82) is 0 Å². The molecule has 2 aromatic rings. The van der Waals surface area contributed by atoms with E-state index in [1.165, 1.54) is 12.3 Å². The van der Waals surface area contributed by atoms with Gasteiger partial charge in [-0.15, -0.1) is 0 Å². The summed E-state index contributed by atoms with van der Waals surface area (Å²) in [6, 6.07) is 4.46. The van der Waals surface area contributed by atoms with Gasteiger partial charge in [-0.25, -0.2) is 13.6 Å². The first-order valence-electron chi connectivity index (χ1n) is 5.72. The molecule has 1 heterocycles. The SMILES string of the molecule is O=C(COC(=O)c1cc(Cl)c[nH]1)Nc1c(F)cccc1F. The van der Waals surface area contributed by atoms with E-state index in [1.54, 1.807) is 0 Å². The summed E-state index contributed by atoms with van der Waals surface area (Å²) >= 11 is 5.61. The van der Waals surface area contributed by atoms with Gasteiger partial charge < -0.3 is 15.0 Å². The molecule has 1 aromatic heterocycles. The standard InChI is InChI=1S/C13H9ClF2N2O3/c14-7-4-10(17-5-7)13(20)21-6-11(19)18-12-8(15)2-1-3-9(12)16/h1-5,17H,6H2,(H,18,19). The maximum atomic E-state index is 13.3. The lowest BCUT2D eigenvalue weighted by atomic mass is 10.3. The number of esters is 1. The molecule has 0 fully saturated rings. The van der Waals surface area contributed by atoms with Crippen molar-refractivity contribution in [3.8, 4) is 0 Å². The largest absolute Gasteiger partial charge is 0.451 e. The summed E-state index contributed by atoms with van der Waals surface area (Å²) in [5.74, 6) is -3.53. The maximum absolute atomic E-state index is 13.3. The molecule has 0 aliphatic heterocycles. The van der Waals surface area contributed by atoms with Crippen LogP contribution in [0.5, 0.6) is 0 Å². The van der Waals surface area contributed by atoms with E-state index in [4.69, 9.17) is 11.6 Å². The Hall–Kier alpha value is -2.41. The minimum atomic E-state index is -0.925. The van der Waals surface area contributed by atoms with Gasteiger partial charge in [-0.3, -0.25) is 4.79 Å². The molecule has 0 unspecified atom stereocenters. The van der Waals surface area contributed by atoms with E-state index in [9.17, 15) is 18.4 Å². The van der Waals surface area contributed by atoms with Crippen LogP contribution in [0.3, 0.4) is 0 Å². The number of nitrogens with one attached hydrogen (secondary N) is 2. The maximum Gasteiger partial charge on any atom is 0.355 e. The number of carbonyl (C=O) groups excluding carboxylic acids is 2. The second-order valence-electron chi connectivity index (χ2n) is 3.95. The highest BCUT2D eigenvalue weighted by Crippen LogP contribution is 2.17. The van der Waals surface area contributed by atoms with Crippen molar-refractivity contribution < 1.29 is 23.1 Å². The number of amides is 1. The molecule has 1 aromatic carbocycles. The van der Waals surface area contributed by atoms with Gasteiger partial charge in [-0.05, 0) is 18.2 Å². The number of benzene rings is 1. The number of aromatic nitrogens is 1. The molecule has 0 aliphatic rings. The number of anilines is 1. The van der Waals surface area contributed by atoms with Crippen LogP contribution < -0.4 is 5.32 Å². The molecule has 2 rings (SSSR count). The monoisotopic (exact) mass is 314 g/mol. The van der Waals surface area contributed by atoms with Gasteiger partial charge in [0.15, 0.2) is 6.61 Å². The average molecular weight is 315 g/mol. The van der Waals surface area contributed by atoms with Gasteiger partial charge in [0.2, 0.25) is 0 Å². The molecule has 8 heteroatoms. The Kier molecular flexibility index (Phi) is 4.54. The third-order valence-electron chi connectivity index (χ3n) is 2.43. The third kappa shape index (κ3) is 3.79. The molecule has 1 amide bonds. The van der Waals surface area contributed by atoms with Gasteiger partial charge in [-0.1, -0.05) is 17.7 Å². The van der Waals surface area contributed by atoms with E-state index in [0.29, 0.717) is 5.02 Å². The van der Waals surface area contributed by atoms with Crippen molar-refractivity contribution in [2.24, 2.45) is 0 Å². The highest BCUT2D eigenvalue weighted by molar-refractivity contribution is 6.30. The highest BCUT2D eigenvalue weighted by Gasteiger charge is 2.15. The molecule has 0 spiro atoms. The van der Waals surface area contributed by atoms with Gasteiger partial charge in [0.05, 0.1) is 5.02 Å². The van der Waals surface area contributed by atoms with Crippen LogP contribution >= 0.6 is 11.6 Å². The van der Waals surface area contributed by atoms with E-state index >= 15 is 0 Å². The lowest BCUT2D eigenvalue weighted by Gasteiger charge is -2.07. The lowest BCUT2D eigenvalue weighted by Crippen LogP contribution is -2.22. The minimum absolute atomic E-state index is 0.0601. The summed E-state index contributed by atoms with van der Waals surface area (Å²) < 4.78 is 31.3. The predicted molar refractivity (Wildman–Crippen MR) is 71.1 cm³/mol. The van der Waals surface area contributed by atoms with Crippen molar-refractivity contribution in [2.75, 3.05) is 11.9 Å². The average Bonchev–Trinajstić information content (AvgIpc) is 2.87. The van der Waals surface area contributed by atoms with Crippen LogP contribution in [0.1, 0.15) is 10.5 Å². The molecule has 5 nitrogen and oxygen atoms in total. The molecule has 0 bridgehead atoms. The number of carbonyl (C=O) groups is 2. The van der Waals surface area contributed by atoms with E-state index in [0.717, 1.165) is 18.2 Å². The number of hydrogen-bond donors (Lipinski definition) is 2. The fourth-order valence-corrected chi connectivity index (χ4v) is 1.65. The van der Waals surface area contributed by atoms with E-state index in [2.05, 4.69) is 9.72 Å². The number of halogens is 3. The molecule has 21 heavy (non-hydrogen) atoms. The quantitative estimate of drug-likeness (QED) is 0.852. The van der Waals surface area contributed by atoms with Crippen molar-refractivity contribution in [2.45, 2.75) is 0 Å². The Balaban J connectivity index is 1.92. The number of rotatable bonds is 4. The Morgan fingerprint density at radius 1 is 1.29 bits per heavy atom. The van der Waals surface area contributed by atoms with Gasteiger partial charge in [-0.2, -0.15) is 0 Å². The first kappa shape index (κ1) is 15.0. The number of aromatic amines is 1. The predicted octanol–water partition coefficient (Wildman–Crippen LogP) is 2.74. The van der Waals surface area contributed by atoms with Gasteiger partial charge in [0.1, 0.15) is 23.0 Å². The molecular weight excluding hydrogens is 306 g/mol. The molecule has 0 radical (unpaired) electrons. The summed E-state index contributed by atoms with van der Waals surface area (Å²) in [4.78, 5) is 25.5. The molecule has 0 aliphatic carbocycles. The molecule has 2 N–H and O–H groups in total. The first-order valence-corrected chi connectivity index (χ1v) is 6.10. The molecule has 0 saturated carbocycles. The fourth-order valence-electron chi connectivity index (χ4n) is 1.49. The Labute approximate surface area is 122 Å². The lowest BCUT2D eigenvalue weighted by molar-refractivity contribution is -0.119. The van der Waals surface area contributed by atoms with Gasteiger partial charge in [0, 0.05) is 6.20 Å². The summed E-state index contributed by atoms with van der Waals surface area (Å²) in [7, 11) is 0. The summed E-state index contributed by atoms with van der Waals surface area (Å²) in [6.07, 6.45) is 1.37. The van der Waals surface area contributed by atoms with Crippen LogP contribution in [0.4, 0.5) is 14.5 Å². The summed E-state index contributed by atoms with van der Waals surface area (Å²) in [5.41, 5.74) is -0.536. The second kappa shape index (κ2) is 6.36. The van der Waals surface area contributed by atoms with Crippen molar-refractivity contribution in [3.63, 3.8) is 0 Å². The van der Waals surface area contributed by atoms with Crippen LogP contribution in [-0.2, 0) is 9.53 Å². The Morgan fingerprint density at radius 2 is 1.95 bits per heavy atom. The normalized spacial score (nSPS) is 10.2. The topological polar surface area (TPSA) is 71.2 Å². The number of para-hydroxylation sites is 1. The van der Waals surface area contributed by atoms with Crippen LogP contribution in [-0.4, -0.2) is 23.5 Å². The summed E-state index contributed by atoms with van der Waals surface area (Å²) in [6.45, 7) is -0.691. The first-order chi connectivity index (χ1) is 9.97. The third-order valence-corrected chi connectivity index (χ3v) is 2.65. The molecule has 0 atom stereocenters. The molecular formula is C13H9ClF2N2O3. The number of ether oxygens (including phenoxy) is 1. The van der Waals surface area contributed by atoms with Crippen molar-refractivity contribution >= 4 is 29.2 Å². The van der Waals surface area contributed by atoms with Crippen molar-refractivity contribution in [1.82, 2.24) is 4.98 Å². The molecule has 0 saturated heterocycles. The van der Waals surface area contributed by atoms with Crippen LogP contribution in [0.15, 0.2) is 30.5 Å². The summed E-state index contributed by atoms with van der Waals surface area (Å²) in [5, 5.41) is 2.29. The highest BCUT2D eigenvalue weighted by atomic mass is 35.5. The van der Waals surface area contributed by atoms with E-state index in [1.807, 2.05) is 5.32 Å². The van der Waals surface area contributed by atoms with Crippen molar-refractivity contribution in [3.05, 3.63) is 52.8 Å².